The molecule has 0 aliphatic rings. The van der Waals surface area contributed by atoms with Gasteiger partial charge in [0.1, 0.15) is 6.04 Å². The summed E-state index contributed by atoms with van der Waals surface area (Å²) >= 11 is 0. The fraction of sp³-hybridized carbons (Fsp3) is 0.350. The molecule has 0 unspecified atom stereocenters. The standard InChI is InChI=1S/C20H25N3O5S/c1-5-19(20(24)21-15(3)16-11-9-14(2)10-12-16)22(29(4,27)28)17-7-6-8-18(13-17)23(25)26/h6-13,15,19H,5H2,1-4H3,(H,21,24)/t15-,19-/m1/s1. The first kappa shape index (κ1) is 22.4. The number of hydrogen-bond acceptors (Lipinski definition) is 5. The Balaban J connectivity index is 2.35. The Morgan fingerprint density at radius 2 is 1.83 bits per heavy atom. The first-order chi connectivity index (χ1) is 13.5. The molecule has 2 aromatic carbocycles. The van der Waals surface area contributed by atoms with Gasteiger partial charge < -0.3 is 5.32 Å². The van der Waals surface area contributed by atoms with Crippen molar-refractivity contribution >= 4 is 27.3 Å². The summed E-state index contributed by atoms with van der Waals surface area (Å²) in [5.74, 6) is -0.475. The number of aryl methyl sites for hydroxylation is 1. The van der Waals surface area contributed by atoms with Crippen LogP contribution in [0.4, 0.5) is 11.4 Å². The number of anilines is 1. The molecule has 0 bridgehead atoms. The van der Waals surface area contributed by atoms with E-state index in [0.717, 1.165) is 27.8 Å². The summed E-state index contributed by atoms with van der Waals surface area (Å²) in [7, 11) is -3.87. The average molecular weight is 420 g/mol. The fourth-order valence-corrected chi connectivity index (χ4v) is 4.26. The van der Waals surface area contributed by atoms with Crippen molar-refractivity contribution in [2.45, 2.75) is 39.3 Å². The maximum absolute atomic E-state index is 13.0. The molecule has 1 N–H and O–H groups in total. The van der Waals surface area contributed by atoms with Crippen LogP contribution in [-0.2, 0) is 14.8 Å². The summed E-state index contributed by atoms with van der Waals surface area (Å²) in [5, 5.41) is 13.9. The number of sulfonamides is 1. The lowest BCUT2D eigenvalue weighted by Crippen LogP contribution is -2.49. The van der Waals surface area contributed by atoms with Crippen molar-refractivity contribution in [2.75, 3.05) is 10.6 Å². The molecule has 8 nitrogen and oxygen atoms in total. The van der Waals surface area contributed by atoms with E-state index < -0.39 is 26.9 Å². The smallest absolute Gasteiger partial charge is 0.271 e. The highest BCUT2D eigenvalue weighted by molar-refractivity contribution is 7.92. The van der Waals surface area contributed by atoms with Crippen LogP contribution in [0.5, 0.6) is 0 Å². The Morgan fingerprint density at radius 1 is 1.21 bits per heavy atom. The van der Waals surface area contributed by atoms with E-state index in [2.05, 4.69) is 5.32 Å². The summed E-state index contributed by atoms with van der Waals surface area (Å²) in [5.41, 5.74) is 1.80. The number of rotatable bonds is 8. The van der Waals surface area contributed by atoms with Crippen LogP contribution in [-0.4, -0.2) is 31.5 Å². The van der Waals surface area contributed by atoms with Crippen molar-refractivity contribution in [3.05, 3.63) is 69.8 Å². The molecule has 0 aliphatic carbocycles. The van der Waals surface area contributed by atoms with Crippen LogP contribution in [0.1, 0.15) is 37.4 Å². The third-order valence-electron chi connectivity index (χ3n) is 4.56. The largest absolute Gasteiger partial charge is 0.348 e. The summed E-state index contributed by atoms with van der Waals surface area (Å²) in [4.78, 5) is 23.4. The van der Waals surface area contributed by atoms with Crippen molar-refractivity contribution in [3.8, 4) is 0 Å². The van der Waals surface area contributed by atoms with E-state index in [1.807, 2.05) is 38.1 Å². The van der Waals surface area contributed by atoms with Gasteiger partial charge in [0.2, 0.25) is 15.9 Å². The molecule has 0 spiro atoms. The number of nitrogens with zero attached hydrogens (tertiary/aromatic N) is 2. The number of carbonyl (C=O) groups excluding carboxylic acids is 1. The Bertz CT molecular complexity index is 989. The van der Waals surface area contributed by atoms with Crippen molar-refractivity contribution in [1.29, 1.82) is 0 Å². The monoisotopic (exact) mass is 419 g/mol. The average Bonchev–Trinajstić information content (AvgIpc) is 2.65. The molecule has 1 amide bonds. The van der Waals surface area contributed by atoms with Crippen LogP contribution in [0.25, 0.3) is 0 Å². The summed E-state index contributed by atoms with van der Waals surface area (Å²) in [6.07, 6.45) is 1.17. The van der Waals surface area contributed by atoms with Gasteiger partial charge in [0.05, 0.1) is 22.9 Å². The number of nitro groups is 1. The minimum absolute atomic E-state index is 0.0756. The van der Waals surface area contributed by atoms with E-state index >= 15 is 0 Å². The Morgan fingerprint density at radius 3 is 2.34 bits per heavy atom. The Labute approximate surface area is 170 Å². The SMILES string of the molecule is CC[C@H](C(=O)N[C@H](C)c1ccc(C)cc1)N(c1cccc([N+](=O)[O-])c1)S(C)(=O)=O. The van der Waals surface area contributed by atoms with E-state index in [0.29, 0.717) is 0 Å². The maximum Gasteiger partial charge on any atom is 0.271 e. The van der Waals surface area contributed by atoms with Gasteiger partial charge in [0.25, 0.3) is 5.69 Å². The van der Waals surface area contributed by atoms with Crippen molar-refractivity contribution < 1.29 is 18.1 Å². The van der Waals surface area contributed by atoms with Crippen LogP contribution < -0.4 is 9.62 Å². The van der Waals surface area contributed by atoms with Crippen molar-refractivity contribution in [3.63, 3.8) is 0 Å². The van der Waals surface area contributed by atoms with Crippen LogP contribution in [0.3, 0.4) is 0 Å². The molecule has 9 heteroatoms. The summed E-state index contributed by atoms with van der Waals surface area (Å²) < 4.78 is 25.9. The molecule has 2 atom stereocenters. The van der Waals surface area contributed by atoms with Gasteiger partial charge in [0.15, 0.2) is 0 Å². The molecule has 0 heterocycles. The highest BCUT2D eigenvalue weighted by atomic mass is 32.2. The van der Waals surface area contributed by atoms with Crippen molar-refractivity contribution in [2.24, 2.45) is 0 Å². The van der Waals surface area contributed by atoms with Crippen molar-refractivity contribution in [1.82, 2.24) is 5.32 Å². The quantitative estimate of drug-likeness (QED) is 0.521. The lowest BCUT2D eigenvalue weighted by Gasteiger charge is -2.31. The Kier molecular flexibility index (Phi) is 6.97. The van der Waals surface area contributed by atoms with Gasteiger partial charge in [-0.15, -0.1) is 0 Å². The topological polar surface area (TPSA) is 110 Å². The third-order valence-corrected chi connectivity index (χ3v) is 5.74. The van der Waals surface area contributed by atoms with Gasteiger partial charge in [0, 0.05) is 12.1 Å². The lowest BCUT2D eigenvalue weighted by atomic mass is 10.1. The number of carbonyl (C=O) groups is 1. The minimum atomic E-state index is -3.87. The molecule has 0 fully saturated rings. The van der Waals surface area contributed by atoms with E-state index in [4.69, 9.17) is 0 Å². The predicted octanol–water partition coefficient (Wildman–Crippen LogP) is 3.33. The molecule has 29 heavy (non-hydrogen) atoms. The zero-order chi connectivity index (χ0) is 21.8. The molecular formula is C20H25N3O5S. The number of benzene rings is 2. The van der Waals surface area contributed by atoms with Gasteiger partial charge in [-0.3, -0.25) is 19.2 Å². The van der Waals surface area contributed by atoms with Gasteiger partial charge in [-0.05, 0) is 31.9 Å². The fourth-order valence-electron chi connectivity index (χ4n) is 3.05. The minimum Gasteiger partial charge on any atom is -0.348 e. The second-order valence-corrected chi connectivity index (χ2v) is 8.76. The predicted molar refractivity (Wildman–Crippen MR) is 112 cm³/mol. The highest BCUT2D eigenvalue weighted by Crippen LogP contribution is 2.27. The molecule has 0 aliphatic heterocycles. The maximum atomic E-state index is 13.0. The second kappa shape index (κ2) is 9.04. The zero-order valence-electron chi connectivity index (χ0n) is 16.8. The van der Waals surface area contributed by atoms with Gasteiger partial charge in [-0.1, -0.05) is 42.8 Å². The molecule has 0 aromatic heterocycles. The molecule has 0 saturated heterocycles. The number of nitro benzene ring substituents is 1. The Hall–Kier alpha value is -2.94. The van der Waals surface area contributed by atoms with Gasteiger partial charge in [-0.25, -0.2) is 8.42 Å². The van der Waals surface area contributed by atoms with E-state index in [1.165, 1.54) is 18.2 Å². The van der Waals surface area contributed by atoms with Crippen LogP contribution in [0.15, 0.2) is 48.5 Å². The first-order valence-corrected chi connectivity index (χ1v) is 11.0. The number of hydrogen-bond donors (Lipinski definition) is 1. The third kappa shape index (κ3) is 5.54. The normalized spacial score (nSPS) is 13.4. The van der Waals surface area contributed by atoms with E-state index in [-0.39, 0.29) is 23.8 Å². The molecule has 0 saturated carbocycles. The molecule has 2 aromatic rings. The van der Waals surface area contributed by atoms with Crippen LogP contribution in [0, 0.1) is 17.0 Å². The molecule has 156 valence electrons. The van der Waals surface area contributed by atoms with E-state index in [1.54, 1.807) is 6.92 Å². The highest BCUT2D eigenvalue weighted by Gasteiger charge is 2.32. The van der Waals surface area contributed by atoms with Crippen LogP contribution in [0.2, 0.25) is 0 Å². The molecule has 2 rings (SSSR count). The second-order valence-electron chi connectivity index (χ2n) is 6.90. The first-order valence-electron chi connectivity index (χ1n) is 9.15. The molecular weight excluding hydrogens is 394 g/mol. The number of nitrogens with one attached hydrogen (secondary N) is 1. The van der Waals surface area contributed by atoms with E-state index in [9.17, 15) is 23.3 Å². The number of amides is 1. The van der Waals surface area contributed by atoms with Crippen LogP contribution >= 0.6 is 0 Å². The number of non-ortho nitro benzene ring substituents is 1. The lowest BCUT2D eigenvalue weighted by molar-refractivity contribution is -0.384. The molecule has 0 radical (unpaired) electrons. The van der Waals surface area contributed by atoms with Gasteiger partial charge >= 0.3 is 0 Å². The summed E-state index contributed by atoms with van der Waals surface area (Å²) in [6.45, 7) is 5.47. The zero-order valence-corrected chi connectivity index (χ0v) is 17.6. The van der Waals surface area contributed by atoms with Gasteiger partial charge in [-0.2, -0.15) is 0 Å². The summed E-state index contributed by atoms with van der Waals surface area (Å²) in [6, 6.07) is 11.5.